The van der Waals surface area contributed by atoms with Gasteiger partial charge in [0, 0.05) is 30.1 Å². The number of Topliss-reactive ketones (excluding diaryl/α,β-unsaturated/α-hetero) is 2. The molecule has 0 radical (unpaired) electrons. The second-order valence-electron chi connectivity index (χ2n) is 10.3. The molecule has 1 aromatic heterocycles. The van der Waals surface area contributed by atoms with Gasteiger partial charge in [0.1, 0.15) is 0 Å². The number of nitrogens with zero attached hydrogens (tertiary/aromatic N) is 3. The molecule has 3 aromatic carbocycles. The van der Waals surface area contributed by atoms with E-state index in [1.807, 2.05) is 56.1 Å². The van der Waals surface area contributed by atoms with E-state index < -0.39 is 10.0 Å². The van der Waals surface area contributed by atoms with Crippen LogP contribution in [0.4, 0.5) is 5.69 Å². The minimum Gasteiger partial charge on any atom is -0.358 e. The van der Waals surface area contributed by atoms with Gasteiger partial charge in [-0.05, 0) is 44.6 Å². The number of benzene rings is 3. The highest BCUT2D eigenvalue weighted by molar-refractivity contribution is 7.92. The molecular weight excluding hydrogens is 536 g/mol. The zero-order chi connectivity index (χ0) is 26.8. The van der Waals surface area contributed by atoms with E-state index in [-0.39, 0.29) is 35.3 Å². The molecule has 0 atom stereocenters. The first-order valence-electron chi connectivity index (χ1n) is 12.5. The number of anilines is 1. The lowest BCUT2D eigenvalue weighted by molar-refractivity contribution is -0.113. The van der Waals surface area contributed by atoms with Gasteiger partial charge in [-0.1, -0.05) is 42.0 Å². The number of allylic oxidation sites excluding steroid dienone is 1. The number of rotatable bonds is 6. The smallest absolute Gasteiger partial charge is 0.261 e. The number of likely N-dealkylation sites (N-methyl/N-ethyl adjacent to an activating group) is 1. The summed E-state index contributed by atoms with van der Waals surface area (Å²) in [7, 11) is 0.125. The van der Waals surface area contributed by atoms with Crippen LogP contribution in [0.1, 0.15) is 28.0 Å². The number of carbonyl (C=O) groups is 2. The summed E-state index contributed by atoms with van der Waals surface area (Å²) in [5.41, 5.74) is 3.82. The Hall–Kier alpha value is -3.66. The molecule has 0 saturated heterocycles. The number of aryl methyl sites for hydroxylation is 1. The Bertz CT molecular complexity index is 1790. The van der Waals surface area contributed by atoms with Crippen LogP contribution in [0.5, 0.6) is 0 Å². The van der Waals surface area contributed by atoms with E-state index in [0.29, 0.717) is 41.1 Å². The van der Waals surface area contributed by atoms with Crippen molar-refractivity contribution < 1.29 is 18.0 Å². The van der Waals surface area contributed by atoms with Crippen LogP contribution in [0, 0.1) is 6.92 Å². The largest absolute Gasteiger partial charge is 0.358 e. The molecule has 0 fully saturated rings. The molecule has 2 aliphatic rings. The third-order valence-corrected chi connectivity index (χ3v) is 8.65. The van der Waals surface area contributed by atoms with Crippen LogP contribution in [-0.4, -0.2) is 61.5 Å². The van der Waals surface area contributed by atoms with Crippen LogP contribution in [0.15, 0.2) is 65.7 Å². The van der Waals surface area contributed by atoms with Crippen molar-refractivity contribution in [3.63, 3.8) is 0 Å². The molecule has 0 bridgehead atoms. The molecule has 1 aliphatic carbocycles. The fourth-order valence-corrected chi connectivity index (χ4v) is 6.45. The summed E-state index contributed by atoms with van der Waals surface area (Å²) in [6, 6.07) is 16.0. The summed E-state index contributed by atoms with van der Waals surface area (Å²) in [5, 5.41) is 2.21. The maximum atomic E-state index is 13.4. The number of aromatic nitrogens is 1. The van der Waals surface area contributed by atoms with Crippen LogP contribution in [-0.2, 0) is 21.5 Å². The van der Waals surface area contributed by atoms with Crippen molar-refractivity contribution in [3.05, 3.63) is 77.6 Å². The number of hydrogen-bond acceptors (Lipinski definition) is 6. The first kappa shape index (κ1) is 26.9. The van der Waals surface area contributed by atoms with E-state index in [1.165, 1.54) is 0 Å². The Kier molecular flexibility index (Phi) is 6.78. The summed E-state index contributed by atoms with van der Waals surface area (Å²) in [6.45, 7) is 3.85. The highest BCUT2D eigenvalue weighted by Gasteiger charge is 2.37. The lowest BCUT2D eigenvalue weighted by Crippen LogP contribution is -2.35. The maximum Gasteiger partial charge on any atom is 0.261 e. The second-order valence-corrected chi connectivity index (χ2v) is 11.9. The highest BCUT2D eigenvalue weighted by atomic mass is 35.5. The van der Waals surface area contributed by atoms with Gasteiger partial charge in [-0.2, -0.15) is 0 Å². The third kappa shape index (κ3) is 4.50. The number of carbonyl (C=O) groups excluding carboxylic acids is 2. The van der Waals surface area contributed by atoms with Crippen molar-refractivity contribution >= 4 is 66.9 Å². The minimum atomic E-state index is -3.86. The molecule has 4 aromatic rings. The fraction of sp³-hybridized carbons (Fsp3) is 0.241. The lowest BCUT2D eigenvalue weighted by Gasteiger charge is -2.31. The van der Waals surface area contributed by atoms with Gasteiger partial charge in [-0.25, -0.2) is 8.42 Å². The monoisotopic (exact) mass is 564 g/mol. The third-order valence-electron chi connectivity index (χ3n) is 7.27. The van der Waals surface area contributed by atoms with Crippen molar-refractivity contribution in [1.29, 1.82) is 0 Å². The number of nitrogens with one attached hydrogen (secondary N) is 1. The van der Waals surface area contributed by atoms with Crippen LogP contribution in [0.3, 0.4) is 0 Å². The summed E-state index contributed by atoms with van der Waals surface area (Å²) < 4.78 is 31.5. The number of sulfonamides is 1. The predicted octanol–water partition coefficient (Wildman–Crippen LogP) is 4.66. The van der Waals surface area contributed by atoms with Gasteiger partial charge in [-0.3, -0.25) is 14.3 Å². The Morgan fingerprint density at radius 2 is 1.67 bits per heavy atom. The number of fused-ring (bicyclic) bond motifs is 5. The van der Waals surface area contributed by atoms with E-state index in [2.05, 4.69) is 14.5 Å². The van der Waals surface area contributed by atoms with Crippen LogP contribution in [0.2, 0.25) is 0 Å². The van der Waals surface area contributed by atoms with Crippen molar-refractivity contribution in [2.24, 2.45) is 0 Å². The average molecular weight is 565 g/mol. The van der Waals surface area contributed by atoms with Crippen molar-refractivity contribution in [1.82, 2.24) is 14.4 Å². The molecule has 39 heavy (non-hydrogen) atoms. The molecule has 10 heteroatoms. The molecule has 0 amide bonds. The van der Waals surface area contributed by atoms with Gasteiger partial charge >= 0.3 is 0 Å². The van der Waals surface area contributed by atoms with E-state index in [1.54, 1.807) is 30.3 Å². The highest BCUT2D eigenvalue weighted by Crippen LogP contribution is 2.44. The molecule has 8 nitrogen and oxygen atoms in total. The second kappa shape index (κ2) is 9.82. The van der Waals surface area contributed by atoms with Crippen LogP contribution >= 0.6 is 12.4 Å². The molecule has 1 N–H and O–H groups in total. The predicted molar refractivity (Wildman–Crippen MR) is 156 cm³/mol. The van der Waals surface area contributed by atoms with Gasteiger partial charge in [0.2, 0.25) is 0 Å². The summed E-state index contributed by atoms with van der Waals surface area (Å²) in [6.07, 6.45) is 1.70. The fourth-order valence-electron chi connectivity index (χ4n) is 5.38. The Morgan fingerprint density at radius 1 is 0.974 bits per heavy atom. The summed E-state index contributed by atoms with van der Waals surface area (Å²) in [4.78, 5) is 30.6. The summed E-state index contributed by atoms with van der Waals surface area (Å²) in [5.74, 6) is -0.392. The number of hydrogen-bond donors (Lipinski definition) is 1. The standard InChI is InChI=1S/C29H28N4O4S.ClH/c1-18-8-10-19(11-9-18)38(36,37)30-23-14-24-27(21-7-5-4-6-20(21)23)28-26(35)15-25(34)22-16-32(13-12-31(2)3)17-33(24)29(22)28;/h4-11,14,16,30H,12-13,15,17H2,1-3H3;1H. The molecule has 202 valence electrons. The van der Waals surface area contributed by atoms with Gasteiger partial charge in [0.25, 0.3) is 10.0 Å². The Labute approximate surface area is 233 Å². The molecular formula is C29H29ClN4O4S. The van der Waals surface area contributed by atoms with E-state index in [4.69, 9.17) is 0 Å². The molecule has 2 heterocycles. The van der Waals surface area contributed by atoms with Gasteiger partial charge in [-0.15, -0.1) is 12.4 Å². The zero-order valence-electron chi connectivity index (χ0n) is 21.9. The normalized spacial score (nSPS) is 15.0. The molecule has 0 spiro atoms. The first-order valence-corrected chi connectivity index (χ1v) is 14.0. The van der Waals surface area contributed by atoms with E-state index in [0.717, 1.165) is 28.4 Å². The number of ketones is 2. The van der Waals surface area contributed by atoms with Gasteiger partial charge in [0.15, 0.2) is 11.6 Å². The Balaban J connectivity index is 0.00000308. The minimum absolute atomic E-state index is 0. The molecule has 6 rings (SSSR count). The van der Waals surface area contributed by atoms with Crippen molar-refractivity contribution in [3.8, 4) is 0 Å². The van der Waals surface area contributed by atoms with Gasteiger partial charge in [0.05, 0.1) is 46.0 Å². The quantitative estimate of drug-likeness (QED) is 0.343. The Morgan fingerprint density at radius 3 is 2.36 bits per heavy atom. The molecule has 1 aliphatic heterocycles. The van der Waals surface area contributed by atoms with Crippen LogP contribution in [0.25, 0.3) is 27.2 Å². The van der Waals surface area contributed by atoms with E-state index >= 15 is 0 Å². The summed E-state index contributed by atoms with van der Waals surface area (Å²) >= 11 is 0. The van der Waals surface area contributed by atoms with Crippen molar-refractivity contribution in [2.45, 2.75) is 24.9 Å². The van der Waals surface area contributed by atoms with Crippen molar-refractivity contribution in [2.75, 3.05) is 31.9 Å². The molecule has 0 unspecified atom stereocenters. The average Bonchev–Trinajstić information content (AvgIpc) is 3.21. The number of halogens is 1. The zero-order valence-corrected chi connectivity index (χ0v) is 23.5. The maximum absolute atomic E-state index is 13.4. The van der Waals surface area contributed by atoms with Crippen LogP contribution < -0.4 is 4.72 Å². The molecule has 0 saturated carbocycles. The SMILES string of the molecule is Cc1ccc(S(=O)(=O)Nc2cc3c(c4c5n3CN(CCN(C)C)C=C5C(=O)CC4=O)c3ccccc23)cc1.Cl. The van der Waals surface area contributed by atoms with Gasteiger partial charge < -0.3 is 14.4 Å². The van der Waals surface area contributed by atoms with E-state index in [9.17, 15) is 18.0 Å². The first-order chi connectivity index (χ1) is 18.1. The lowest BCUT2D eigenvalue weighted by atomic mass is 9.88. The topological polar surface area (TPSA) is 91.7 Å².